The van der Waals surface area contributed by atoms with E-state index in [2.05, 4.69) is 21.2 Å². The van der Waals surface area contributed by atoms with Crippen molar-refractivity contribution in [2.75, 3.05) is 44.7 Å². The first-order chi connectivity index (χ1) is 17.8. The van der Waals surface area contributed by atoms with E-state index in [-0.39, 0.29) is 44.2 Å². The summed E-state index contributed by atoms with van der Waals surface area (Å²) < 4.78 is 46.4. The molecule has 2 amide bonds. The Balaban J connectivity index is 1.17. The summed E-state index contributed by atoms with van der Waals surface area (Å²) in [6.07, 6.45) is 0.0633. The number of carbonyl (C=O) groups excluding carboxylic acids is 2. The predicted molar refractivity (Wildman–Crippen MR) is 127 cm³/mol. The first kappa shape index (κ1) is 27.1. The van der Waals surface area contributed by atoms with E-state index in [1.807, 2.05) is 6.07 Å². The number of hydrogen-bond donors (Lipinski definition) is 3. The van der Waals surface area contributed by atoms with Gasteiger partial charge in [0.15, 0.2) is 5.92 Å². The van der Waals surface area contributed by atoms with E-state index in [1.165, 1.54) is 6.20 Å². The van der Waals surface area contributed by atoms with Crippen molar-refractivity contribution in [2.45, 2.75) is 56.4 Å². The number of anilines is 1. The normalized spacial score (nSPS) is 25.5. The summed E-state index contributed by atoms with van der Waals surface area (Å²) in [5, 5.41) is 12.2. The van der Waals surface area contributed by atoms with Gasteiger partial charge in [-0.25, -0.2) is 10.4 Å². The predicted octanol–water partition coefficient (Wildman–Crippen LogP) is 1.41. The zero-order valence-corrected chi connectivity index (χ0v) is 20.5. The molecular formula is C24H32F3N7O3. The second kappa shape index (κ2) is 12.1. The van der Waals surface area contributed by atoms with E-state index in [1.54, 1.807) is 21.9 Å². The van der Waals surface area contributed by atoms with Crippen molar-refractivity contribution < 1.29 is 27.5 Å². The molecule has 0 radical (unpaired) electrons. The van der Waals surface area contributed by atoms with Crippen LogP contribution in [0.25, 0.3) is 0 Å². The molecule has 202 valence electrons. The highest BCUT2D eigenvalue weighted by Gasteiger charge is 2.54. The molecule has 1 aromatic rings. The summed E-state index contributed by atoms with van der Waals surface area (Å²) in [6.45, 7) is 2.12. The molecular weight excluding hydrogens is 491 g/mol. The van der Waals surface area contributed by atoms with Gasteiger partial charge in [-0.05, 0) is 44.4 Å². The molecule has 3 aliphatic heterocycles. The number of pyridine rings is 1. The van der Waals surface area contributed by atoms with Crippen LogP contribution in [0.5, 0.6) is 0 Å². The molecule has 10 nitrogen and oxygen atoms in total. The van der Waals surface area contributed by atoms with Crippen LogP contribution in [0.1, 0.15) is 37.7 Å². The summed E-state index contributed by atoms with van der Waals surface area (Å²) in [6, 6.07) is 4.48. The molecule has 37 heavy (non-hydrogen) atoms. The van der Waals surface area contributed by atoms with Crippen molar-refractivity contribution >= 4 is 17.6 Å². The van der Waals surface area contributed by atoms with E-state index < -0.39 is 24.0 Å². The third-order valence-corrected chi connectivity index (χ3v) is 7.25. The zero-order chi connectivity index (χ0) is 26.4. The molecule has 13 heteroatoms. The van der Waals surface area contributed by atoms with Crippen molar-refractivity contribution in [1.82, 2.24) is 25.6 Å². The number of rotatable bonds is 8. The van der Waals surface area contributed by atoms with Gasteiger partial charge in [0, 0.05) is 44.0 Å². The lowest BCUT2D eigenvalue weighted by atomic mass is 9.94. The third-order valence-electron chi connectivity index (χ3n) is 7.25. The summed E-state index contributed by atoms with van der Waals surface area (Å²) in [5.74, 6) is -2.46. The maximum Gasteiger partial charge on any atom is 0.402 e. The number of halogens is 3. The van der Waals surface area contributed by atoms with E-state index >= 15 is 0 Å². The molecule has 0 aromatic carbocycles. The van der Waals surface area contributed by atoms with E-state index in [9.17, 15) is 22.8 Å². The topological polar surface area (TPSA) is 123 Å². The highest BCUT2D eigenvalue weighted by molar-refractivity contribution is 5.80. The van der Waals surface area contributed by atoms with Crippen LogP contribution < -0.4 is 16.2 Å². The number of amides is 2. The van der Waals surface area contributed by atoms with Gasteiger partial charge in [0.2, 0.25) is 11.8 Å². The Morgan fingerprint density at radius 1 is 1.24 bits per heavy atom. The average Bonchev–Trinajstić information content (AvgIpc) is 3.35. The number of aromatic nitrogens is 1. The lowest BCUT2D eigenvalue weighted by Gasteiger charge is -2.40. The monoisotopic (exact) mass is 523 g/mol. The second-order valence-electron chi connectivity index (χ2n) is 9.66. The van der Waals surface area contributed by atoms with Crippen molar-refractivity contribution in [1.29, 1.82) is 5.26 Å². The number of nitrogens with one attached hydrogen (secondary N) is 3. The van der Waals surface area contributed by atoms with Gasteiger partial charge in [0.25, 0.3) is 0 Å². The fourth-order valence-electron chi connectivity index (χ4n) is 5.33. The Morgan fingerprint density at radius 3 is 2.70 bits per heavy atom. The number of piperidine rings is 1. The minimum atomic E-state index is -4.63. The largest absolute Gasteiger partial charge is 0.402 e. The number of nitrogens with zero attached hydrogens (tertiary/aromatic N) is 4. The van der Waals surface area contributed by atoms with Crippen molar-refractivity contribution in [3.05, 3.63) is 23.9 Å². The molecule has 4 heterocycles. The van der Waals surface area contributed by atoms with Crippen LogP contribution in [0.3, 0.4) is 0 Å². The molecule has 4 rings (SSSR count). The minimum Gasteiger partial charge on any atom is -0.379 e. The molecule has 3 fully saturated rings. The number of carbonyl (C=O) groups is 2. The summed E-state index contributed by atoms with van der Waals surface area (Å²) in [5.41, 5.74) is 5.17. The molecule has 0 spiro atoms. The van der Waals surface area contributed by atoms with Gasteiger partial charge in [-0.3, -0.25) is 19.9 Å². The molecule has 3 atom stereocenters. The molecule has 0 aliphatic carbocycles. The molecule has 3 aliphatic rings. The molecule has 3 N–H and O–H groups in total. The van der Waals surface area contributed by atoms with E-state index in [0.717, 1.165) is 19.3 Å². The fourth-order valence-corrected chi connectivity index (χ4v) is 5.33. The van der Waals surface area contributed by atoms with Gasteiger partial charge >= 0.3 is 6.18 Å². The number of hydrazine groups is 1. The lowest BCUT2D eigenvalue weighted by molar-refractivity contribution is -0.201. The highest BCUT2D eigenvalue weighted by atomic mass is 19.4. The molecule has 0 saturated carbocycles. The first-order valence-electron chi connectivity index (χ1n) is 12.6. The van der Waals surface area contributed by atoms with Gasteiger partial charge in [0.05, 0.1) is 25.2 Å². The van der Waals surface area contributed by atoms with Crippen LogP contribution >= 0.6 is 0 Å². The molecule has 3 saturated heterocycles. The van der Waals surface area contributed by atoms with Crippen molar-refractivity contribution in [3.63, 3.8) is 0 Å². The summed E-state index contributed by atoms with van der Waals surface area (Å²) in [7, 11) is 0. The van der Waals surface area contributed by atoms with Gasteiger partial charge in [0.1, 0.15) is 11.9 Å². The SMILES string of the molecule is N#Cc1ccc(NC2CCN(C(=O)CCOC[C@@H]3CCCN3C3CNNC(=O)C3C(F)(F)F)CC2)nc1. The first-order valence-corrected chi connectivity index (χ1v) is 12.6. The maximum atomic E-state index is 13.5. The maximum absolute atomic E-state index is 13.5. The van der Waals surface area contributed by atoms with Crippen LogP contribution in [-0.2, 0) is 14.3 Å². The Hall–Kier alpha value is -2.95. The summed E-state index contributed by atoms with van der Waals surface area (Å²) in [4.78, 5) is 32.3. The lowest BCUT2D eigenvalue weighted by Crippen LogP contribution is -2.65. The molecule has 1 aromatic heterocycles. The van der Waals surface area contributed by atoms with Crippen LogP contribution in [0.4, 0.5) is 19.0 Å². The van der Waals surface area contributed by atoms with Gasteiger partial charge < -0.3 is 15.0 Å². The average molecular weight is 524 g/mol. The van der Waals surface area contributed by atoms with Crippen LogP contribution in [0, 0.1) is 17.2 Å². The Bertz CT molecular complexity index is 977. The van der Waals surface area contributed by atoms with Crippen LogP contribution in [-0.4, -0.2) is 90.3 Å². The van der Waals surface area contributed by atoms with Gasteiger partial charge in [-0.1, -0.05) is 0 Å². The molecule has 2 unspecified atom stereocenters. The highest BCUT2D eigenvalue weighted by Crippen LogP contribution is 2.35. The van der Waals surface area contributed by atoms with E-state index in [4.69, 9.17) is 10.00 Å². The van der Waals surface area contributed by atoms with Crippen LogP contribution in [0.15, 0.2) is 18.3 Å². The van der Waals surface area contributed by atoms with Crippen LogP contribution in [0.2, 0.25) is 0 Å². The number of ether oxygens (including phenoxy) is 1. The zero-order valence-electron chi connectivity index (χ0n) is 20.5. The second-order valence-corrected chi connectivity index (χ2v) is 9.66. The summed E-state index contributed by atoms with van der Waals surface area (Å²) >= 11 is 0. The smallest absolute Gasteiger partial charge is 0.379 e. The third kappa shape index (κ3) is 6.88. The van der Waals surface area contributed by atoms with Gasteiger partial charge in [-0.15, -0.1) is 0 Å². The minimum absolute atomic E-state index is 0.0106. The number of hydrogen-bond acceptors (Lipinski definition) is 8. The number of alkyl halides is 3. The fraction of sp³-hybridized carbons (Fsp3) is 0.667. The number of likely N-dealkylation sites (tertiary alicyclic amines) is 2. The van der Waals surface area contributed by atoms with Crippen molar-refractivity contribution in [2.24, 2.45) is 5.92 Å². The van der Waals surface area contributed by atoms with E-state index in [0.29, 0.717) is 37.4 Å². The quantitative estimate of drug-likeness (QED) is 0.438. The number of nitriles is 1. The van der Waals surface area contributed by atoms with Crippen molar-refractivity contribution in [3.8, 4) is 6.07 Å². The Morgan fingerprint density at radius 2 is 2.03 bits per heavy atom. The molecule has 0 bridgehead atoms. The Kier molecular flexibility index (Phi) is 8.83. The van der Waals surface area contributed by atoms with Gasteiger partial charge in [-0.2, -0.15) is 18.4 Å². The Labute approximate surface area is 213 Å². The standard InChI is InChI=1S/C24H32F3N7O3/c25-24(26,27)22-19(14-30-32-23(22)36)34-8-1-2-18(34)15-37-11-7-21(35)33-9-5-17(6-10-33)31-20-4-3-16(12-28)13-29-20/h3-4,13,17-19,22,30H,1-2,5-11,14-15H2,(H,29,31)(H,32,36)/t18-,19?,22?/m0/s1.